The normalized spacial score (nSPS) is 17.1. The van der Waals surface area contributed by atoms with Gasteiger partial charge in [0.15, 0.2) is 0 Å². The molecular formula is C30H31FN4O3S. The van der Waals surface area contributed by atoms with Crippen molar-refractivity contribution >= 4 is 21.8 Å². The van der Waals surface area contributed by atoms with E-state index < -0.39 is 9.84 Å². The fourth-order valence-electron chi connectivity index (χ4n) is 4.77. The van der Waals surface area contributed by atoms with Crippen LogP contribution in [0.3, 0.4) is 0 Å². The second-order valence-corrected chi connectivity index (χ2v) is 12.1. The van der Waals surface area contributed by atoms with Gasteiger partial charge in [-0.2, -0.15) is 5.26 Å². The Bertz CT molecular complexity index is 1510. The van der Waals surface area contributed by atoms with Crippen molar-refractivity contribution in [3.63, 3.8) is 0 Å². The molecule has 1 heterocycles. The van der Waals surface area contributed by atoms with Gasteiger partial charge in [0.2, 0.25) is 5.78 Å². The van der Waals surface area contributed by atoms with Crippen LogP contribution in [-0.2, 0) is 22.8 Å². The molecule has 7 nitrogen and oxygen atoms in total. The molecular weight excluding hydrogens is 515 g/mol. The molecule has 0 spiro atoms. The third kappa shape index (κ3) is 7.88. The summed E-state index contributed by atoms with van der Waals surface area (Å²) in [4.78, 5) is 22.2. The molecule has 1 fully saturated rings. The zero-order chi connectivity index (χ0) is 27.8. The van der Waals surface area contributed by atoms with Crippen LogP contribution in [0, 0.1) is 29.0 Å². The Balaban J connectivity index is 1.49. The minimum absolute atomic E-state index is 0.0891. The first-order valence-corrected chi connectivity index (χ1v) is 15.0. The fraction of sp³-hybridized carbons (Fsp3) is 0.333. The lowest BCUT2D eigenvalue weighted by Crippen LogP contribution is -2.33. The number of hydrogen-bond acceptors (Lipinski definition) is 7. The molecule has 1 N–H and O–H groups in total. The molecule has 2 atom stereocenters. The van der Waals surface area contributed by atoms with Crippen molar-refractivity contribution in [3.05, 3.63) is 88.9 Å². The molecule has 39 heavy (non-hydrogen) atoms. The summed E-state index contributed by atoms with van der Waals surface area (Å²) >= 11 is 0. The van der Waals surface area contributed by atoms with E-state index in [0.29, 0.717) is 54.1 Å². The molecule has 9 heteroatoms. The van der Waals surface area contributed by atoms with Crippen molar-refractivity contribution in [2.24, 2.45) is 16.8 Å². The van der Waals surface area contributed by atoms with Crippen molar-refractivity contribution in [3.8, 4) is 17.3 Å². The van der Waals surface area contributed by atoms with Crippen LogP contribution in [0.2, 0.25) is 0 Å². The van der Waals surface area contributed by atoms with Gasteiger partial charge in [0.25, 0.3) is 0 Å². The van der Waals surface area contributed by atoms with Crippen molar-refractivity contribution in [1.82, 2.24) is 10.3 Å². The Kier molecular flexibility index (Phi) is 9.33. The van der Waals surface area contributed by atoms with Gasteiger partial charge in [-0.25, -0.2) is 12.8 Å². The van der Waals surface area contributed by atoms with Crippen LogP contribution in [0.25, 0.3) is 11.3 Å². The number of pyridine rings is 1. The van der Waals surface area contributed by atoms with Crippen LogP contribution in [0.5, 0.6) is 0 Å². The van der Waals surface area contributed by atoms with Gasteiger partial charge in [0, 0.05) is 30.5 Å². The van der Waals surface area contributed by atoms with Gasteiger partial charge in [0.1, 0.15) is 15.7 Å². The van der Waals surface area contributed by atoms with Crippen LogP contribution in [0.15, 0.2) is 65.7 Å². The number of aromatic nitrogens is 1. The van der Waals surface area contributed by atoms with Crippen LogP contribution in [0.1, 0.15) is 40.0 Å². The standard InChI is InChI=1S/C30H31FN4O3S/c1-39(37,38)20-24-10-9-23(24)17-34-19-30(36)27-11-12-28(26-8-3-2-6-22(26)16-32)35-29(27)18-33-14-13-21-5-4-7-25(31)15-21/h2-8,11-12,15,19,23-24,33H,9-10,13-14,17-18,20H2,1H3/t23-,24?/m1/s1. The number of benzene rings is 2. The topological polar surface area (TPSA) is 112 Å². The Morgan fingerprint density at radius 2 is 1.95 bits per heavy atom. The van der Waals surface area contributed by atoms with E-state index in [1.165, 1.54) is 24.6 Å². The minimum atomic E-state index is -3.04. The highest BCUT2D eigenvalue weighted by Crippen LogP contribution is 2.35. The fourth-order valence-corrected chi connectivity index (χ4v) is 5.99. The average molecular weight is 547 g/mol. The molecule has 4 rings (SSSR count). The van der Waals surface area contributed by atoms with Crippen molar-refractivity contribution in [2.75, 3.05) is 25.1 Å². The van der Waals surface area contributed by atoms with E-state index in [-0.39, 0.29) is 29.2 Å². The zero-order valence-corrected chi connectivity index (χ0v) is 22.6. The Hall–Kier alpha value is -3.74. The van der Waals surface area contributed by atoms with E-state index in [0.717, 1.165) is 18.4 Å². The third-order valence-electron chi connectivity index (χ3n) is 6.98. The summed E-state index contributed by atoms with van der Waals surface area (Å²) < 4.78 is 36.7. The summed E-state index contributed by atoms with van der Waals surface area (Å²) in [6, 6.07) is 19.2. The molecule has 2 aromatic carbocycles. The number of nitriles is 1. The Morgan fingerprint density at radius 3 is 2.67 bits per heavy atom. The molecule has 202 valence electrons. The van der Waals surface area contributed by atoms with E-state index in [9.17, 15) is 22.9 Å². The smallest absolute Gasteiger partial charge is 0.205 e. The van der Waals surface area contributed by atoms with Gasteiger partial charge in [-0.15, -0.1) is 0 Å². The number of halogens is 1. The molecule has 1 unspecified atom stereocenters. The number of nitrogens with zero attached hydrogens (tertiary/aromatic N) is 3. The van der Waals surface area contributed by atoms with Crippen LogP contribution < -0.4 is 5.32 Å². The van der Waals surface area contributed by atoms with Crippen LogP contribution in [0.4, 0.5) is 4.39 Å². The van der Waals surface area contributed by atoms with Gasteiger partial charge in [0.05, 0.1) is 35.0 Å². The average Bonchev–Trinajstić information content (AvgIpc) is 2.91. The SMILES string of the molecule is CS(=O)(=O)CC1CC[C@@H]1CN=CC(=O)c1ccc(-c2ccccc2C#N)nc1CNCCc1cccc(F)c1. The maximum atomic E-state index is 13.5. The maximum Gasteiger partial charge on any atom is 0.205 e. The first-order chi connectivity index (χ1) is 18.7. The highest BCUT2D eigenvalue weighted by Gasteiger charge is 2.32. The molecule has 0 amide bonds. The minimum Gasteiger partial charge on any atom is -0.311 e. The van der Waals surface area contributed by atoms with E-state index in [4.69, 9.17) is 4.98 Å². The highest BCUT2D eigenvalue weighted by atomic mass is 32.2. The molecule has 3 aromatic rings. The Morgan fingerprint density at radius 1 is 1.15 bits per heavy atom. The van der Waals surface area contributed by atoms with E-state index in [2.05, 4.69) is 16.4 Å². The lowest BCUT2D eigenvalue weighted by atomic mass is 9.75. The number of hydrogen-bond donors (Lipinski definition) is 1. The number of carbonyl (C=O) groups is 1. The predicted octanol–water partition coefficient (Wildman–Crippen LogP) is 4.42. The molecule has 1 aromatic heterocycles. The monoisotopic (exact) mass is 546 g/mol. The van der Waals surface area contributed by atoms with Gasteiger partial charge in [-0.05, 0) is 73.5 Å². The van der Waals surface area contributed by atoms with Gasteiger partial charge in [-0.1, -0.05) is 30.3 Å². The summed E-state index contributed by atoms with van der Waals surface area (Å²) in [7, 11) is -3.04. The first-order valence-electron chi connectivity index (χ1n) is 12.9. The van der Waals surface area contributed by atoms with E-state index >= 15 is 0 Å². The van der Waals surface area contributed by atoms with Gasteiger partial charge < -0.3 is 5.32 Å². The first kappa shape index (κ1) is 28.3. The number of Topliss-reactive ketones (excluding diaryl/α,β-unsaturated/α-hetero) is 1. The number of rotatable bonds is 12. The predicted molar refractivity (Wildman–Crippen MR) is 150 cm³/mol. The second kappa shape index (κ2) is 12.9. The lowest BCUT2D eigenvalue weighted by Gasteiger charge is -2.34. The van der Waals surface area contributed by atoms with E-state index in [1.807, 2.05) is 18.2 Å². The van der Waals surface area contributed by atoms with Gasteiger partial charge in [-0.3, -0.25) is 14.8 Å². The van der Waals surface area contributed by atoms with Crippen molar-refractivity contribution < 1.29 is 17.6 Å². The number of nitrogens with one attached hydrogen (secondary N) is 1. The number of sulfone groups is 1. The largest absolute Gasteiger partial charge is 0.311 e. The van der Waals surface area contributed by atoms with Gasteiger partial charge >= 0.3 is 0 Å². The molecule has 0 aliphatic heterocycles. The Labute approximate surface area is 228 Å². The summed E-state index contributed by atoms with van der Waals surface area (Å²) in [6.07, 6.45) is 4.92. The number of aliphatic imine (C=N–C) groups is 1. The molecule has 0 radical (unpaired) electrons. The van der Waals surface area contributed by atoms with E-state index in [1.54, 1.807) is 30.3 Å². The highest BCUT2D eigenvalue weighted by molar-refractivity contribution is 7.90. The van der Waals surface area contributed by atoms with Crippen LogP contribution in [-0.4, -0.2) is 50.5 Å². The molecule has 1 aliphatic carbocycles. The third-order valence-corrected chi connectivity index (χ3v) is 8.01. The van der Waals surface area contributed by atoms with Crippen LogP contribution >= 0.6 is 0 Å². The summed E-state index contributed by atoms with van der Waals surface area (Å²) in [5.74, 6) is -0.164. The van der Waals surface area contributed by atoms with Crippen molar-refractivity contribution in [2.45, 2.75) is 25.8 Å². The maximum absolute atomic E-state index is 13.5. The molecule has 0 bridgehead atoms. The second-order valence-electron chi connectivity index (χ2n) is 9.95. The number of carbonyl (C=O) groups excluding carboxylic acids is 1. The molecule has 0 saturated heterocycles. The zero-order valence-electron chi connectivity index (χ0n) is 21.8. The molecule has 1 saturated carbocycles. The van der Waals surface area contributed by atoms with Crippen molar-refractivity contribution in [1.29, 1.82) is 5.26 Å². The lowest BCUT2D eigenvalue weighted by molar-refractivity contribution is 0.106. The summed E-state index contributed by atoms with van der Waals surface area (Å²) in [5, 5.41) is 12.8. The quantitative estimate of drug-likeness (QED) is 0.205. The summed E-state index contributed by atoms with van der Waals surface area (Å²) in [6.45, 7) is 1.26. The number of ketones is 1. The molecule has 1 aliphatic rings. The summed E-state index contributed by atoms with van der Waals surface area (Å²) in [5.41, 5.74) is 3.53.